The molecule has 22 heavy (non-hydrogen) atoms. The third-order valence-electron chi connectivity index (χ3n) is 3.65. The van der Waals surface area contributed by atoms with E-state index in [1.54, 1.807) is 7.11 Å². The van der Waals surface area contributed by atoms with Crippen molar-refractivity contribution in [1.29, 1.82) is 0 Å². The average molecular weight is 353 g/mol. The molecule has 1 saturated heterocycles. The van der Waals surface area contributed by atoms with Crippen LogP contribution in [0.25, 0.3) is 0 Å². The molecule has 0 amide bonds. The number of sulfonamides is 1. The van der Waals surface area contributed by atoms with Crippen LogP contribution in [0.1, 0.15) is 18.4 Å². The van der Waals surface area contributed by atoms with Gasteiger partial charge in [-0.15, -0.1) is 12.4 Å². The molecule has 1 fully saturated rings. The summed E-state index contributed by atoms with van der Waals surface area (Å²) in [5.41, 5.74) is 0.231. The summed E-state index contributed by atoms with van der Waals surface area (Å²) < 4.78 is 44.9. The summed E-state index contributed by atoms with van der Waals surface area (Å²) in [6, 6.07) is 5.48. The Morgan fingerprint density at radius 2 is 2.05 bits per heavy atom. The summed E-state index contributed by atoms with van der Waals surface area (Å²) in [5.74, 6) is -0.533. The monoisotopic (exact) mass is 352 g/mol. The lowest BCUT2D eigenvalue weighted by atomic mass is 9.99. The van der Waals surface area contributed by atoms with Crippen molar-refractivity contribution in [2.75, 3.05) is 26.8 Å². The van der Waals surface area contributed by atoms with Gasteiger partial charge in [0.15, 0.2) is 0 Å². The lowest BCUT2D eigenvalue weighted by Crippen LogP contribution is -2.53. The Bertz CT molecular complexity index is 560. The smallest absolute Gasteiger partial charge is 0.215 e. The van der Waals surface area contributed by atoms with Gasteiger partial charge in [-0.2, -0.15) is 0 Å². The Hall–Kier alpha value is -0.730. The van der Waals surface area contributed by atoms with E-state index in [1.807, 2.05) is 0 Å². The number of hydrogen-bond acceptors (Lipinski definition) is 4. The molecular formula is C14H22ClFN2O3S. The molecule has 0 saturated carbocycles. The minimum atomic E-state index is -3.46. The standard InChI is InChI=1S/C14H21FN2O3S.ClH/c1-20-11-14(7-2-8-16-14)10-17-21(18,19)9-12-3-5-13(15)6-4-12;/h3-6,16-17H,2,7-11H2,1H3;1H. The highest BCUT2D eigenvalue weighted by Crippen LogP contribution is 2.19. The normalized spacial score (nSPS) is 21.5. The highest BCUT2D eigenvalue weighted by atomic mass is 35.5. The Balaban J connectivity index is 0.00000242. The van der Waals surface area contributed by atoms with Crippen molar-refractivity contribution in [3.63, 3.8) is 0 Å². The van der Waals surface area contributed by atoms with Crippen LogP contribution in [0, 0.1) is 5.82 Å². The maximum atomic E-state index is 12.8. The molecule has 1 aliphatic rings. The van der Waals surface area contributed by atoms with Gasteiger partial charge in [0.25, 0.3) is 0 Å². The van der Waals surface area contributed by atoms with E-state index in [1.165, 1.54) is 24.3 Å². The van der Waals surface area contributed by atoms with Crippen molar-refractivity contribution >= 4 is 22.4 Å². The Morgan fingerprint density at radius 3 is 2.59 bits per heavy atom. The molecule has 2 N–H and O–H groups in total. The predicted molar refractivity (Wildman–Crippen MR) is 86.1 cm³/mol. The molecular weight excluding hydrogens is 331 g/mol. The number of rotatable bonds is 7. The SMILES string of the molecule is COCC1(CNS(=O)(=O)Cc2ccc(F)cc2)CCCN1.Cl. The third-order valence-corrected chi connectivity index (χ3v) is 4.95. The maximum absolute atomic E-state index is 12.8. The summed E-state index contributed by atoms with van der Waals surface area (Å²) in [6.45, 7) is 1.62. The van der Waals surface area contributed by atoms with Crippen molar-refractivity contribution in [3.8, 4) is 0 Å². The Labute approximate surface area is 137 Å². The second-order valence-electron chi connectivity index (χ2n) is 5.45. The van der Waals surface area contributed by atoms with Gasteiger partial charge in [-0.25, -0.2) is 17.5 Å². The van der Waals surface area contributed by atoms with Gasteiger partial charge in [0, 0.05) is 13.7 Å². The summed E-state index contributed by atoms with van der Waals surface area (Å²) >= 11 is 0. The van der Waals surface area contributed by atoms with Gasteiger partial charge in [0.1, 0.15) is 5.82 Å². The van der Waals surface area contributed by atoms with Crippen LogP contribution in [0.4, 0.5) is 4.39 Å². The first-order chi connectivity index (χ1) is 9.95. The van der Waals surface area contributed by atoms with E-state index >= 15 is 0 Å². The molecule has 126 valence electrons. The summed E-state index contributed by atoms with van der Waals surface area (Å²) in [6.07, 6.45) is 1.88. The molecule has 0 spiro atoms. The fraction of sp³-hybridized carbons (Fsp3) is 0.571. The highest BCUT2D eigenvalue weighted by molar-refractivity contribution is 7.88. The van der Waals surface area contributed by atoms with Gasteiger partial charge < -0.3 is 10.1 Å². The van der Waals surface area contributed by atoms with Crippen LogP contribution in [0.5, 0.6) is 0 Å². The molecule has 0 aliphatic carbocycles. The van der Waals surface area contributed by atoms with Gasteiger partial charge >= 0.3 is 0 Å². The van der Waals surface area contributed by atoms with Crippen molar-refractivity contribution in [2.45, 2.75) is 24.1 Å². The second kappa shape index (κ2) is 8.21. The number of ether oxygens (including phenoxy) is 1. The van der Waals surface area contributed by atoms with Crippen molar-refractivity contribution in [1.82, 2.24) is 10.0 Å². The number of halogens is 2. The molecule has 0 bridgehead atoms. The van der Waals surface area contributed by atoms with E-state index in [-0.39, 0.29) is 29.5 Å². The van der Waals surface area contributed by atoms with Gasteiger partial charge in [0.2, 0.25) is 10.0 Å². The van der Waals surface area contributed by atoms with Crippen molar-refractivity contribution in [2.24, 2.45) is 0 Å². The molecule has 0 radical (unpaired) electrons. The van der Waals surface area contributed by atoms with E-state index in [4.69, 9.17) is 4.74 Å². The van der Waals surface area contributed by atoms with E-state index in [0.29, 0.717) is 18.7 Å². The van der Waals surface area contributed by atoms with Crippen LogP contribution in [-0.4, -0.2) is 40.8 Å². The Kier molecular flexibility index (Phi) is 7.21. The predicted octanol–water partition coefficient (Wildman–Crippen LogP) is 1.44. The van der Waals surface area contributed by atoms with Gasteiger partial charge in [-0.05, 0) is 37.1 Å². The van der Waals surface area contributed by atoms with Gasteiger partial charge in [-0.1, -0.05) is 12.1 Å². The average Bonchev–Trinajstić information content (AvgIpc) is 2.89. The van der Waals surface area contributed by atoms with Crippen LogP contribution < -0.4 is 10.0 Å². The molecule has 5 nitrogen and oxygen atoms in total. The van der Waals surface area contributed by atoms with E-state index < -0.39 is 10.0 Å². The maximum Gasteiger partial charge on any atom is 0.215 e. The molecule has 1 aromatic rings. The first kappa shape index (κ1) is 19.3. The zero-order chi connectivity index (χ0) is 15.3. The van der Waals surface area contributed by atoms with E-state index in [0.717, 1.165) is 19.4 Å². The minimum absolute atomic E-state index is 0. The summed E-state index contributed by atoms with van der Waals surface area (Å²) in [7, 11) is -1.85. The number of benzene rings is 1. The molecule has 1 aromatic carbocycles. The topological polar surface area (TPSA) is 67.4 Å². The number of methoxy groups -OCH3 is 1. The van der Waals surface area contributed by atoms with Crippen LogP contribution in [0.3, 0.4) is 0 Å². The molecule has 0 aromatic heterocycles. The fourth-order valence-electron chi connectivity index (χ4n) is 2.57. The molecule has 2 rings (SSSR count). The molecule has 1 heterocycles. The number of hydrogen-bond donors (Lipinski definition) is 2. The van der Waals surface area contributed by atoms with Crippen LogP contribution >= 0.6 is 12.4 Å². The molecule has 1 aliphatic heterocycles. The molecule has 8 heteroatoms. The van der Waals surface area contributed by atoms with Gasteiger partial charge in [-0.3, -0.25) is 0 Å². The highest BCUT2D eigenvalue weighted by Gasteiger charge is 2.34. The largest absolute Gasteiger partial charge is 0.383 e. The Morgan fingerprint density at radius 1 is 1.36 bits per heavy atom. The number of nitrogens with one attached hydrogen (secondary N) is 2. The second-order valence-corrected chi connectivity index (χ2v) is 7.26. The quantitative estimate of drug-likeness (QED) is 0.779. The summed E-state index contributed by atoms with van der Waals surface area (Å²) in [4.78, 5) is 0. The van der Waals surface area contributed by atoms with Crippen LogP contribution in [-0.2, 0) is 20.5 Å². The third kappa shape index (κ3) is 5.48. The van der Waals surface area contributed by atoms with E-state index in [9.17, 15) is 12.8 Å². The van der Waals surface area contributed by atoms with E-state index in [2.05, 4.69) is 10.0 Å². The zero-order valence-electron chi connectivity index (χ0n) is 12.5. The van der Waals surface area contributed by atoms with Crippen molar-refractivity contribution in [3.05, 3.63) is 35.6 Å². The molecule has 1 unspecified atom stereocenters. The molecule has 1 atom stereocenters. The lowest BCUT2D eigenvalue weighted by molar-refractivity contribution is 0.122. The summed E-state index contributed by atoms with van der Waals surface area (Å²) in [5, 5.41) is 3.31. The first-order valence-corrected chi connectivity index (χ1v) is 8.56. The minimum Gasteiger partial charge on any atom is -0.383 e. The first-order valence-electron chi connectivity index (χ1n) is 6.90. The lowest BCUT2D eigenvalue weighted by Gasteiger charge is -2.28. The zero-order valence-corrected chi connectivity index (χ0v) is 14.1. The van der Waals surface area contributed by atoms with Crippen molar-refractivity contribution < 1.29 is 17.5 Å². The van der Waals surface area contributed by atoms with Crippen LogP contribution in [0.2, 0.25) is 0 Å². The van der Waals surface area contributed by atoms with Crippen LogP contribution in [0.15, 0.2) is 24.3 Å². The fourth-order valence-corrected chi connectivity index (χ4v) is 3.80. The van der Waals surface area contributed by atoms with Gasteiger partial charge in [0.05, 0.1) is 17.9 Å².